The van der Waals surface area contributed by atoms with E-state index in [2.05, 4.69) is 10.3 Å². The maximum atomic E-state index is 11.4. The summed E-state index contributed by atoms with van der Waals surface area (Å²) in [5.74, 6) is 0.730. The largest absolute Gasteiger partial charge is 0.437 e. The third-order valence-corrected chi connectivity index (χ3v) is 4.75. The predicted octanol–water partition coefficient (Wildman–Crippen LogP) is 3.26. The Morgan fingerprint density at radius 2 is 2.22 bits per heavy atom. The molecule has 1 aliphatic carbocycles. The van der Waals surface area contributed by atoms with Crippen LogP contribution in [0.4, 0.5) is 4.79 Å². The van der Waals surface area contributed by atoms with Crippen LogP contribution in [0.3, 0.4) is 0 Å². The van der Waals surface area contributed by atoms with E-state index in [0.29, 0.717) is 0 Å². The summed E-state index contributed by atoms with van der Waals surface area (Å²) in [6, 6.07) is 0.103. The first kappa shape index (κ1) is 12.0. The Morgan fingerprint density at radius 1 is 1.39 bits per heavy atom. The van der Waals surface area contributed by atoms with E-state index in [4.69, 9.17) is 4.74 Å². The molecule has 1 N–H and O–H groups in total. The first-order chi connectivity index (χ1) is 8.83. The van der Waals surface area contributed by atoms with Crippen LogP contribution < -0.4 is 5.32 Å². The SMILES string of the molecule is O=C1N[C@@H](CC2CCCCC2)C(c2nccs2)O1. The standard InChI is InChI=1S/C13H18N2O2S/c16-13-15-10(8-9-4-2-1-3-5-9)11(17-13)12-14-6-7-18-12/h6-7,9-11H,1-5,8H2,(H,15,16)/t10-,11?/m0/s1. The second-order valence-electron chi connectivity index (χ2n) is 5.19. The fourth-order valence-corrected chi connectivity index (χ4v) is 3.75. The van der Waals surface area contributed by atoms with Crippen molar-refractivity contribution in [3.8, 4) is 0 Å². The number of alkyl carbamates (subject to hydrolysis) is 1. The number of nitrogens with zero attached hydrogens (tertiary/aromatic N) is 1. The minimum atomic E-state index is -0.295. The van der Waals surface area contributed by atoms with Crippen LogP contribution in [-0.2, 0) is 4.74 Å². The summed E-state index contributed by atoms with van der Waals surface area (Å²) in [7, 11) is 0. The summed E-state index contributed by atoms with van der Waals surface area (Å²) in [5.41, 5.74) is 0. The zero-order chi connectivity index (χ0) is 12.4. The average Bonchev–Trinajstić information content (AvgIpc) is 3.00. The third kappa shape index (κ3) is 2.51. The molecule has 98 valence electrons. The van der Waals surface area contributed by atoms with Gasteiger partial charge < -0.3 is 10.1 Å². The van der Waals surface area contributed by atoms with E-state index in [1.165, 1.54) is 32.1 Å². The second kappa shape index (κ2) is 5.26. The second-order valence-corrected chi connectivity index (χ2v) is 6.11. The van der Waals surface area contributed by atoms with Crippen molar-refractivity contribution in [1.29, 1.82) is 0 Å². The average molecular weight is 266 g/mol. The van der Waals surface area contributed by atoms with E-state index in [1.807, 2.05) is 5.38 Å². The van der Waals surface area contributed by atoms with Gasteiger partial charge in [-0.2, -0.15) is 0 Å². The van der Waals surface area contributed by atoms with Gasteiger partial charge in [-0.3, -0.25) is 0 Å². The smallest absolute Gasteiger partial charge is 0.408 e. The van der Waals surface area contributed by atoms with Gasteiger partial charge in [0.1, 0.15) is 5.01 Å². The molecule has 3 rings (SSSR count). The van der Waals surface area contributed by atoms with Crippen molar-refractivity contribution in [3.05, 3.63) is 16.6 Å². The fourth-order valence-electron chi connectivity index (χ4n) is 3.02. The number of thiazole rings is 1. The zero-order valence-corrected chi connectivity index (χ0v) is 11.1. The zero-order valence-electron chi connectivity index (χ0n) is 10.3. The van der Waals surface area contributed by atoms with Gasteiger partial charge in [0.2, 0.25) is 0 Å². The van der Waals surface area contributed by atoms with E-state index in [-0.39, 0.29) is 18.2 Å². The summed E-state index contributed by atoms with van der Waals surface area (Å²) in [5, 5.41) is 5.79. The molecule has 2 heterocycles. The van der Waals surface area contributed by atoms with Crippen molar-refractivity contribution in [3.63, 3.8) is 0 Å². The van der Waals surface area contributed by atoms with Gasteiger partial charge in [0, 0.05) is 11.6 Å². The Morgan fingerprint density at radius 3 is 2.94 bits per heavy atom. The Labute approximate surface area is 111 Å². The molecule has 4 nitrogen and oxygen atoms in total. The summed E-state index contributed by atoms with van der Waals surface area (Å²) in [6.45, 7) is 0. The van der Waals surface area contributed by atoms with Crippen molar-refractivity contribution in [1.82, 2.24) is 10.3 Å². The number of ether oxygens (including phenoxy) is 1. The van der Waals surface area contributed by atoms with Crippen molar-refractivity contribution in [2.45, 2.75) is 50.7 Å². The number of carbonyl (C=O) groups excluding carboxylic acids is 1. The summed E-state index contributed by atoms with van der Waals surface area (Å²) in [4.78, 5) is 15.7. The first-order valence-electron chi connectivity index (χ1n) is 6.69. The lowest BCUT2D eigenvalue weighted by molar-refractivity contribution is 0.126. The number of hydrogen-bond acceptors (Lipinski definition) is 4. The number of carbonyl (C=O) groups is 1. The van der Waals surface area contributed by atoms with Crippen LogP contribution in [0.25, 0.3) is 0 Å². The molecular weight excluding hydrogens is 248 g/mol. The number of amides is 1. The Bertz CT molecular complexity index is 401. The lowest BCUT2D eigenvalue weighted by Crippen LogP contribution is -2.30. The van der Waals surface area contributed by atoms with Crippen LogP contribution in [-0.4, -0.2) is 17.1 Å². The Balaban J connectivity index is 1.67. The Kier molecular flexibility index (Phi) is 3.50. The molecule has 2 aliphatic rings. The molecule has 1 amide bonds. The lowest BCUT2D eigenvalue weighted by Gasteiger charge is -2.25. The number of nitrogens with one attached hydrogen (secondary N) is 1. The molecule has 1 aliphatic heterocycles. The van der Waals surface area contributed by atoms with Gasteiger partial charge in [-0.15, -0.1) is 11.3 Å². The van der Waals surface area contributed by atoms with Crippen molar-refractivity contribution < 1.29 is 9.53 Å². The minimum absolute atomic E-state index is 0.103. The van der Waals surface area contributed by atoms with Crippen LogP contribution >= 0.6 is 11.3 Å². The van der Waals surface area contributed by atoms with E-state index in [9.17, 15) is 4.79 Å². The highest BCUT2D eigenvalue weighted by Gasteiger charge is 2.38. The molecule has 2 atom stereocenters. The number of rotatable bonds is 3. The molecular formula is C13H18N2O2S. The van der Waals surface area contributed by atoms with Crippen molar-refractivity contribution >= 4 is 17.4 Å². The van der Waals surface area contributed by atoms with Gasteiger partial charge in [0.05, 0.1) is 6.04 Å². The fraction of sp³-hybridized carbons (Fsp3) is 0.692. The van der Waals surface area contributed by atoms with Crippen LogP contribution in [0.15, 0.2) is 11.6 Å². The number of cyclic esters (lactones) is 1. The molecule has 0 bridgehead atoms. The van der Waals surface area contributed by atoms with Crippen LogP contribution in [0, 0.1) is 5.92 Å². The molecule has 1 saturated heterocycles. The minimum Gasteiger partial charge on any atom is -0.437 e. The summed E-state index contributed by atoms with van der Waals surface area (Å²) < 4.78 is 5.36. The van der Waals surface area contributed by atoms with E-state index in [0.717, 1.165) is 17.3 Å². The Hall–Kier alpha value is -1.10. The predicted molar refractivity (Wildman–Crippen MR) is 69.5 cm³/mol. The van der Waals surface area contributed by atoms with Crippen molar-refractivity contribution in [2.24, 2.45) is 5.92 Å². The molecule has 1 unspecified atom stereocenters. The summed E-state index contributed by atoms with van der Waals surface area (Å²) >= 11 is 1.56. The van der Waals surface area contributed by atoms with Gasteiger partial charge in [-0.25, -0.2) is 9.78 Å². The van der Waals surface area contributed by atoms with E-state index >= 15 is 0 Å². The lowest BCUT2D eigenvalue weighted by atomic mass is 9.84. The van der Waals surface area contributed by atoms with Gasteiger partial charge in [0.15, 0.2) is 6.10 Å². The van der Waals surface area contributed by atoms with Gasteiger partial charge in [0.25, 0.3) is 0 Å². The maximum Gasteiger partial charge on any atom is 0.408 e. The van der Waals surface area contributed by atoms with Crippen LogP contribution in [0.2, 0.25) is 0 Å². The third-order valence-electron chi connectivity index (χ3n) is 3.91. The van der Waals surface area contributed by atoms with Crippen LogP contribution in [0.1, 0.15) is 49.6 Å². The first-order valence-corrected chi connectivity index (χ1v) is 7.57. The number of aromatic nitrogens is 1. The molecule has 2 fully saturated rings. The number of hydrogen-bond donors (Lipinski definition) is 1. The quantitative estimate of drug-likeness (QED) is 0.913. The topological polar surface area (TPSA) is 51.2 Å². The van der Waals surface area contributed by atoms with E-state index in [1.54, 1.807) is 17.5 Å². The van der Waals surface area contributed by atoms with E-state index < -0.39 is 0 Å². The molecule has 0 radical (unpaired) electrons. The summed E-state index contributed by atoms with van der Waals surface area (Å²) in [6.07, 6.45) is 8.91. The molecule has 1 saturated carbocycles. The van der Waals surface area contributed by atoms with Gasteiger partial charge >= 0.3 is 6.09 Å². The van der Waals surface area contributed by atoms with Gasteiger partial charge in [-0.05, 0) is 12.3 Å². The molecule has 0 spiro atoms. The highest BCUT2D eigenvalue weighted by Crippen LogP contribution is 2.35. The van der Waals surface area contributed by atoms with Gasteiger partial charge in [-0.1, -0.05) is 32.1 Å². The normalized spacial score (nSPS) is 29.0. The molecule has 5 heteroatoms. The highest BCUT2D eigenvalue weighted by atomic mass is 32.1. The molecule has 18 heavy (non-hydrogen) atoms. The molecule has 1 aromatic heterocycles. The monoisotopic (exact) mass is 266 g/mol. The van der Waals surface area contributed by atoms with Crippen LogP contribution in [0.5, 0.6) is 0 Å². The molecule has 0 aromatic carbocycles. The molecule has 1 aromatic rings. The maximum absolute atomic E-state index is 11.4. The van der Waals surface area contributed by atoms with Crippen molar-refractivity contribution in [2.75, 3.05) is 0 Å². The highest BCUT2D eigenvalue weighted by molar-refractivity contribution is 7.09.